The quantitative estimate of drug-likeness (QED) is 0.242. The van der Waals surface area contributed by atoms with Crippen LogP contribution in [0.3, 0.4) is 0 Å². The Morgan fingerprint density at radius 1 is 1.03 bits per heavy atom. The van der Waals surface area contributed by atoms with Crippen LogP contribution in [0, 0.1) is 26.1 Å². The molecular formula is C17H11N5O8. The first-order valence-corrected chi connectivity index (χ1v) is 8.14. The minimum absolute atomic E-state index is 0.0273. The molecule has 13 nitrogen and oxygen atoms in total. The number of nitrogens with zero attached hydrogens (tertiary/aromatic N) is 4. The SMILES string of the molecule is O=C(Nc1cccc([N+](=O)[O-])c1)C1C(=O)N(c2cccc([N+](=O)[O-])c2)C(=O)/C1=N\O. The maximum absolute atomic E-state index is 12.7. The minimum atomic E-state index is -1.86. The summed E-state index contributed by atoms with van der Waals surface area (Å²) in [5.74, 6) is -5.17. The summed E-state index contributed by atoms with van der Waals surface area (Å²) in [5.41, 5.74) is -1.74. The Morgan fingerprint density at radius 2 is 1.63 bits per heavy atom. The van der Waals surface area contributed by atoms with Crippen molar-refractivity contribution >= 4 is 46.2 Å². The molecule has 1 fully saturated rings. The maximum Gasteiger partial charge on any atom is 0.284 e. The van der Waals surface area contributed by atoms with Crippen molar-refractivity contribution in [3.8, 4) is 0 Å². The third kappa shape index (κ3) is 3.54. The summed E-state index contributed by atoms with van der Waals surface area (Å²) >= 11 is 0. The van der Waals surface area contributed by atoms with Gasteiger partial charge in [0.05, 0.1) is 15.5 Å². The Morgan fingerprint density at radius 3 is 2.23 bits per heavy atom. The molecule has 0 aliphatic carbocycles. The topological polar surface area (TPSA) is 185 Å². The predicted octanol–water partition coefficient (Wildman–Crippen LogP) is 1.46. The van der Waals surface area contributed by atoms with Crippen LogP contribution in [0.2, 0.25) is 0 Å². The fraction of sp³-hybridized carbons (Fsp3) is 0.0588. The van der Waals surface area contributed by atoms with Crippen LogP contribution >= 0.6 is 0 Å². The van der Waals surface area contributed by atoms with Gasteiger partial charge in [0.15, 0.2) is 11.6 Å². The first-order chi connectivity index (χ1) is 14.2. The lowest BCUT2D eigenvalue weighted by Crippen LogP contribution is -2.34. The number of carbonyl (C=O) groups excluding carboxylic acids is 3. The molecule has 0 saturated carbocycles. The molecule has 3 amide bonds. The number of hydrogen-bond acceptors (Lipinski definition) is 9. The molecule has 1 saturated heterocycles. The molecule has 0 bridgehead atoms. The van der Waals surface area contributed by atoms with Gasteiger partial charge in [-0.2, -0.15) is 0 Å². The Bertz CT molecular complexity index is 1130. The first kappa shape index (κ1) is 20.1. The molecule has 0 radical (unpaired) electrons. The van der Waals surface area contributed by atoms with E-state index < -0.39 is 44.9 Å². The van der Waals surface area contributed by atoms with Gasteiger partial charge in [0.2, 0.25) is 5.91 Å². The Labute approximate surface area is 166 Å². The van der Waals surface area contributed by atoms with Crippen LogP contribution in [0.4, 0.5) is 22.7 Å². The molecule has 2 aromatic carbocycles. The Kier molecular flexibility index (Phi) is 5.18. The number of carbonyl (C=O) groups is 3. The Balaban J connectivity index is 1.93. The molecule has 1 atom stereocenters. The molecule has 1 heterocycles. The number of benzene rings is 2. The van der Waals surface area contributed by atoms with E-state index in [1.807, 2.05) is 0 Å². The molecule has 30 heavy (non-hydrogen) atoms. The molecule has 0 spiro atoms. The number of nitro benzene ring substituents is 2. The molecule has 1 aliphatic rings. The average molecular weight is 413 g/mol. The third-order valence-electron chi connectivity index (χ3n) is 4.16. The molecular weight excluding hydrogens is 402 g/mol. The highest BCUT2D eigenvalue weighted by Gasteiger charge is 2.50. The molecule has 0 aromatic heterocycles. The number of nitrogens with one attached hydrogen (secondary N) is 1. The molecule has 1 aliphatic heterocycles. The molecule has 2 N–H and O–H groups in total. The highest BCUT2D eigenvalue weighted by Crippen LogP contribution is 2.29. The van der Waals surface area contributed by atoms with E-state index in [4.69, 9.17) is 0 Å². The number of non-ortho nitro benzene ring substituents is 2. The van der Waals surface area contributed by atoms with Crippen LogP contribution in [0.25, 0.3) is 0 Å². The zero-order valence-corrected chi connectivity index (χ0v) is 14.8. The van der Waals surface area contributed by atoms with Crippen LogP contribution in [-0.4, -0.2) is 38.5 Å². The van der Waals surface area contributed by atoms with Crippen molar-refractivity contribution in [2.45, 2.75) is 0 Å². The van der Waals surface area contributed by atoms with E-state index in [2.05, 4.69) is 10.5 Å². The van der Waals surface area contributed by atoms with Crippen LogP contribution in [-0.2, 0) is 14.4 Å². The molecule has 152 valence electrons. The van der Waals surface area contributed by atoms with Gasteiger partial charge in [-0.25, -0.2) is 4.90 Å². The van der Waals surface area contributed by atoms with Crippen molar-refractivity contribution in [1.29, 1.82) is 0 Å². The molecule has 3 rings (SSSR count). The number of anilines is 2. The minimum Gasteiger partial charge on any atom is -0.410 e. The summed E-state index contributed by atoms with van der Waals surface area (Å²) < 4.78 is 0. The van der Waals surface area contributed by atoms with Crippen LogP contribution in [0.1, 0.15) is 0 Å². The number of nitro groups is 2. The second-order valence-corrected chi connectivity index (χ2v) is 5.97. The summed E-state index contributed by atoms with van der Waals surface area (Å²) in [6.45, 7) is 0. The van der Waals surface area contributed by atoms with E-state index in [1.54, 1.807) is 0 Å². The zero-order chi connectivity index (χ0) is 22.0. The van der Waals surface area contributed by atoms with Crippen molar-refractivity contribution in [2.24, 2.45) is 11.1 Å². The summed E-state index contributed by atoms with van der Waals surface area (Å²) in [6.07, 6.45) is 0. The van der Waals surface area contributed by atoms with E-state index >= 15 is 0 Å². The third-order valence-corrected chi connectivity index (χ3v) is 4.16. The number of hydrogen-bond donors (Lipinski definition) is 2. The van der Waals surface area contributed by atoms with Gasteiger partial charge in [0, 0.05) is 30.0 Å². The molecule has 2 aromatic rings. The fourth-order valence-electron chi connectivity index (χ4n) is 2.82. The van der Waals surface area contributed by atoms with Gasteiger partial charge < -0.3 is 10.5 Å². The second kappa shape index (κ2) is 7.75. The number of rotatable bonds is 5. The van der Waals surface area contributed by atoms with Gasteiger partial charge in [-0.15, -0.1) is 0 Å². The van der Waals surface area contributed by atoms with Gasteiger partial charge in [-0.1, -0.05) is 17.3 Å². The average Bonchev–Trinajstić information content (AvgIpc) is 2.97. The van der Waals surface area contributed by atoms with Crippen molar-refractivity contribution in [3.63, 3.8) is 0 Å². The predicted molar refractivity (Wildman–Crippen MR) is 100 cm³/mol. The van der Waals surface area contributed by atoms with Gasteiger partial charge >= 0.3 is 0 Å². The lowest BCUT2D eigenvalue weighted by atomic mass is 10.1. The van der Waals surface area contributed by atoms with Crippen molar-refractivity contribution in [3.05, 3.63) is 68.8 Å². The highest BCUT2D eigenvalue weighted by atomic mass is 16.6. The number of amides is 3. The van der Waals surface area contributed by atoms with E-state index in [9.17, 15) is 39.8 Å². The van der Waals surface area contributed by atoms with Gasteiger partial charge in [-0.05, 0) is 12.1 Å². The summed E-state index contributed by atoms with van der Waals surface area (Å²) in [5, 5.41) is 36.0. The highest BCUT2D eigenvalue weighted by molar-refractivity contribution is 6.61. The first-order valence-electron chi connectivity index (χ1n) is 8.14. The summed E-state index contributed by atoms with van der Waals surface area (Å²) in [6, 6.07) is 9.40. The Hall–Kier alpha value is -4.68. The monoisotopic (exact) mass is 413 g/mol. The van der Waals surface area contributed by atoms with Crippen LogP contribution in [0.15, 0.2) is 53.7 Å². The fourth-order valence-corrected chi connectivity index (χ4v) is 2.82. The number of oxime groups is 1. The lowest BCUT2D eigenvalue weighted by Gasteiger charge is -2.14. The van der Waals surface area contributed by atoms with Gasteiger partial charge in [-0.3, -0.25) is 34.6 Å². The van der Waals surface area contributed by atoms with Crippen molar-refractivity contribution in [1.82, 2.24) is 0 Å². The van der Waals surface area contributed by atoms with E-state index in [0.29, 0.717) is 4.90 Å². The van der Waals surface area contributed by atoms with Crippen LogP contribution < -0.4 is 10.2 Å². The van der Waals surface area contributed by atoms with E-state index in [0.717, 1.165) is 18.2 Å². The molecule has 13 heteroatoms. The van der Waals surface area contributed by atoms with Crippen molar-refractivity contribution < 1.29 is 29.4 Å². The standard InChI is InChI=1S/C17H11N5O8/c23-15(18-9-3-1-5-11(7-9)21(27)28)13-14(19-26)17(25)20(16(13)24)10-4-2-6-12(8-10)22(29)30/h1-8,13,26H,(H,18,23)/b19-14-. The lowest BCUT2D eigenvalue weighted by molar-refractivity contribution is -0.385. The normalized spacial score (nSPS) is 17.3. The largest absolute Gasteiger partial charge is 0.410 e. The van der Waals surface area contributed by atoms with Crippen LogP contribution in [0.5, 0.6) is 0 Å². The summed E-state index contributed by atoms with van der Waals surface area (Å²) in [4.78, 5) is 58.7. The van der Waals surface area contributed by atoms with E-state index in [-0.39, 0.29) is 17.1 Å². The smallest absolute Gasteiger partial charge is 0.284 e. The van der Waals surface area contributed by atoms with E-state index in [1.165, 1.54) is 30.3 Å². The summed E-state index contributed by atoms with van der Waals surface area (Å²) in [7, 11) is 0. The van der Waals surface area contributed by atoms with Crippen molar-refractivity contribution in [2.75, 3.05) is 10.2 Å². The molecule has 1 unspecified atom stereocenters. The van der Waals surface area contributed by atoms with Gasteiger partial charge in [0.1, 0.15) is 0 Å². The number of imide groups is 1. The second-order valence-electron chi connectivity index (χ2n) is 5.97. The van der Waals surface area contributed by atoms with Gasteiger partial charge in [0.25, 0.3) is 23.2 Å². The maximum atomic E-state index is 12.7. The zero-order valence-electron chi connectivity index (χ0n) is 14.8.